The van der Waals surface area contributed by atoms with Crippen LogP contribution < -0.4 is 10.1 Å². The first-order valence-electron chi connectivity index (χ1n) is 7.45. The zero-order valence-corrected chi connectivity index (χ0v) is 12.6. The molecule has 5 heteroatoms. The lowest BCUT2D eigenvalue weighted by molar-refractivity contribution is -0.142. The van der Waals surface area contributed by atoms with Crippen LogP contribution in [-0.2, 0) is 16.0 Å². The molecule has 0 amide bonds. The van der Waals surface area contributed by atoms with Gasteiger partial charge in [0.2, 0.25) is 0 Å². The molecule has 0 bridgehead atoms. The van der Waals surface area contributed by atoms with Crippen LogP contribution in [0.15, 0.2) is 24.3 Å². The van der Waals surface area contributed by atoms with E-state index in [0.29, 0.717) is 19.6 Å². The van der Waals surface area contributed by atoms with Gasteiger partial charge in [-0.05, 0) is 50.6 Å². The van der Waals surface area contributed by atoms with Crippen LogP contribution in [0.3, 0.4) is 0 Å². The van der Waals surface area contributed by atoms with Gasteiger partial charge in [-0.1, -0.05) is 12.1 Å². The highest BCUT2D eigenvalue weighted by Gasteiger charge is 2.03. The molecule has 0 aliphatic rings. The van der Waals surface area contributed by atoms with Gasteiger partial charge in [0, 0.05) is 6.61 Å². The van der Waals surface area contributed by atoms with E-state index < -0.39 is 0 Å². The normalized spacial score (nSPS) is 10.4. The number of carbonyl (C=O) groups is 1. The molecule has 1 aromatic carbocycles. The second-order valence-electron chi connectivity index (χ2n) is 4.65. The SMILES string of the molecule is CCOC(=O)Cc1ccc(OCCCNCCCO)cc1. The summed E-state index contributed by atoms with van der Waals surface area (Å²) >= 11 is 0. The molecule has 2 N–H and O–H groups in total. The van der Waals surface area contributed by atoms with Gasteiger partial charge in [-0.2, -0.15) is 0 Å². The van der Waals surface area contributed by atoms with Crippen molar-refractivity contribution in [3.8, 4) is 5.75 Å². The number of benzene rings is 1. The van der Waals surface area contributed by atoms with Crippen molar-refractivity contribution >= 4 is 5.97 Å². The van der Waals surface area contributed by atoms with Gasteiger partial charge in [0.1, 0.15) is 5.75 Å². The quantitative estimate of drug-likeness (QED) is 0.479. The van der Waals surface area contributed by atoms with E-state index in [2.05, 4.69) is 5.32 Å². The molecule has 0 fully saturated rings. The average Bonchev–Trinajstić information content (AvgIpc) is 2.48. The first-order chi connectivity index (χ1) is 10.3. The van der Waals surface area contributed by atoms with Gasteiger partial charge < -0.3 is 19.9 Å². The fraction of sp³-hybridized carbons (Fsp3) is 0.562. The maximum atomic E-state index is 11.3. The van der Waals surface area contributed by atoms with Crippen LogP contribution in [-0.4, -0.2) is 44.0 Å². The lowest BCUT2D eigenvalue weighted by Crippen LogP contribution is -2.19. The van der Waals surface area contributed by atoms with Crippen LogP contribution in [0, 0.1) is 0 Å². The minimum absolute atomic E-state index is 0.208. The molecule has 0 radical (unpaired) electrons. The van der Waals surface area contributed by atoms with E-state index in [1.165, 1.54) is 0 Å². The molecule has 118 valence electrons. The van der Waals surface area contributed by atoms with Crippen LogP contribution in [0.4, 0.5) is 0 Å². The van der Waals surface area contributed by atoms with Gasteiger partial charge in [0.05, 0.1) is 19.6 Å². The van der Waals surface area contributed by atoms with Gasteiger partial charge in [0.15, 0.2) is 0 Å². The van der Waals surface area contributed by atoms with Crippen LogP contribution in [0.2, 0.25) is 0 Å². The molecule has 0 heterocycles. The Balaban J connectivity index is 2.17. The zero-order chi connectivity index (χ0) is 15.3. The fourth-order valence-corrected chi connectivity index (χ4v) is 1.80. The molecule has 0 saturated heterocycles. The number of hydrogen-bond acceptors (Lipinski definition) is 5. The summed E-state index contributed by atoms with van der Waals surface area (Å²) in [6.07, 6.45) is 1.99. The summed E-state index contributed by atoms with van der Waals surface area (Å²) in [5.74, 6) is 0.595. The first-order valence-corrected chi connectivity index (χ1v) is 7.45. The Kier molecular flexibility index (Phi) is 9.24. The van der Waals surface area contributed by atoms with E-state index in [1.54, 1.807) is 6.92 Å². The molecule has 1 aromatic rings. The molecule has 1 rings (SSSR count). The highest BCUT2D eigenvalue weighted by atomic mass is 16.5. The number of aliphatic hydroxyl groups is 1. The molecular formula is C16H25NO4. The first kappa shape index (κ1) is 17.5. The zero-order valence-electron chi connectivity index (χ0n) is 12.6. The summed E-state index contributed by atoms with van der Waals surface area (Å²) in [7, 11) is 0. The Labute approximate surface area is 126 Å². The van der Waals surface area contributed by atoms with Crippen molar-refractivity contribution < 1.29 is 19.4 Å². The van der Waals surface area contributed by atoms with E-state index in [-0.39, 0.29) is 12.6 Å². The topological polar surface area (TPSA) is 67.8 Å². The van der Waals surface area contributed by atoms with Crippen LogP contribution in [0.5, 0.6) is 5.75 Å². The lowest BCUT2D eigenvalue weighted by Gasteiger charge is -2.08. The van der Waals surface area contributed by atoms with Gasteiger partial charge in [-0.25, -0.2) is 0 Å². The van der Waals surface area contributed by atoms with E-state index >= 15 is 0 Å². The number of ether oxygens (including phenoxy) is 2. The molecule has 0 aliphatic carbocycles. The largest absolute Gasteiger partial charge is 0.494 e. The smallest absolute Gasteiger partial charge is 0.310 e. The number of aliphatic hydroxyl groups excluding tert-OH is 1. The van der Waals surface area contributed by atoms with Gasteiger partial charge >= 0.3 is 5.97 Å². The molecular weight excluding hydrogens is 270 g/mol. The van der Waals surface area contributed by atoms with E-state index in [4.69, 9.17) is 14.6 Å². The molecule has 0 spiro atoms. The predicted molar refractivity (Wildman–Crippen MR) is 81.5 cm³/mol. The van der Waals surface area contributed by atoms with Crippen molar-refractivity contribution in [3.63, 3.8) is 0 Å². The Morgan fingerprint density at radius 3 is 2.57 bits per heavy atom. The third-order valence-corrected chi connectivity index (χ3v) is 2.86. The summed E-state index contributed by atoms with van der Waals surface area (Å²) < 4.78 is 10.5. The van der Waals surface area contributed by atoms with Crippen molar-refractivity contribution in [1.82, 2.24) is 5.32 Å². The van der Waals surface area contributed by atoms with Crippen LogP contribution in [0.25, 0.3) is 0 Å². The molecule has 0 aromatic heterocycles. The van der Waals surface area contributed by atoms with Gasteiger partial charge in [-0.15, -0.1) is 0 Å². The lowest BCUT2D eigenvalue weighted by atomic mass is 10.1. The minimum Gasteiger partial charge on any atom is -0.494 e. The van der Waals surface area contributed by atoms with Crippen molar-refractivity contribution in [1.29, 1.82) is 0 Å². The van der Waals surface area contributed by atoms with Gasteiger partial charge in [-0.3, -0.25) is 4.79 Å². The third kappa shape index (κ3) is 8.32. The molecule has 5 nitrogen and oxygen atoms in total. The highest BCUT2D eigenvalue weighted by molar-refractivity contribution is 5.72. The standard InChI is InChI=1S/C16H25NO4/c1-2-20-16(19)13-14-5-7-15(8-6-14)21-12-4-10-17-9-3-11-18/h5-8,17-18H,2-4,9-13H2,1H3. The second kappa shape index (κ2) is 11.1. The summed E-state index contributed by atoms with van der Waals surface area (Å²) in [5.41, 5.74) is 0.923. The number of esters is 1. The summed E-state index contributed by atoms with van der Waals surface area (Å²) in [5, 5.41) is 11.9. The Morgan fingerprint density at radius 2 is 1.90 bits per heavy atom. The maximum Gasteiger partial charge on any atom is 0.310 e. The number of hydrogen-bond donors (Lipinski definition) is 2. The van der Waals surface area contributed by atoms with E-state index in [0.717, 1.165) is 37.2 Å². The number of rotatable bonds is 11. The molecule has 21 heavy (non-hydrogen) atoms. The van der Waals surface area contributed by atoms with Crippen molar-refractivity contribution in [2.24, 2.45) is 0 Å². The van der Waals surface area contributed by atoms with Gasteiger partial charge in [0.25, 0.3) is 0 Å². The fourth-order valence-electron chi connectivity index (χ4n) is 1.80. The van der Waals surface area contributed by atoms with E-state index in [1.807, 2.05) is 24.3 Å². The summed E-state index contributed by atoms with van der Waals surface area (Å²) in [6, 6.07) is 7.50. The summed E-state index contributed by atoms with van der Waals surface area (Å²) in [4.78, 5) is 11.3. The molecule has 0 atom stereocenters. The summed E-state index contributed by atoms with van der Waals surface area (Å²) in [6.45, 7) is 4.78. The third-order valence-electron chi connectivity index (χ3n) is 2.86. The maximum absolute atomic E-state index is 11.3. The number of carbonyl (C=O) groups excluding carboxylic acids is 1. The molecule has 0 unspecified atom stereocenters. The Morgan fingerprint density at radius 1 is 1.19 bits per heavy atom. The predicted octanol–water partition coefficient (Wildman–Crippen LogP) is 1.53. The Hall–Kier alpha value is -1.59. The van der Waals surface area contributed by atoms with Crippen molar-refractivity contribution in [2.75, 3.05) is 32.9 Å². The van der Waals surface area contributed by atoms with E-state index in [9.17, 15) is 4.79 Å². The van der Waals surface area contributed by atoms with Crippen molar-refractivity contribution in [2.45, 2.75) is 26.2 Å². The van der Waals surface area contributed by atoms with Crippen LogP contribution >= 0.6 is 0 Å². The minimum atomic E-state index is -0.208. The highest BCUT2D eigenvalue weighted by Crippen LogP contribution is 2.13. The molecule has 0 aliphatic heterocycles. The molecule has 0 saturated carbocycles. The second-order valence-corrected chi connectivity index (χ2v) is 4.65. The average molecular weight is 295 g/mol. The van der Waals surface area contributed by atoms with Crippen LogP contribution in [0.1, 0.15) is 25.3 Å². The Bertz CT molecular complexity index is 392. The monoisotopic (exact) mass is 295 g/mol. The number of nitrogens with one attached hydrogen (secondary N) is 1. The van der Waals surface area contributed by atoms with Crippen molar-refractivity contribution in [3.05, 3.63) is 29.8 Å².